The Balaban J connectivity index is 2.19. The van der Waals surface area contributed by atoms with E-state index in [0.29, 0.717) is 12.8 Å². The van der Waals surface area contributed by atoms with Crippen LogP contribution in [0.25, 0.3) is 0 Å². The quantitative estimate of drug-likeness (QED) is 0.748. The minimum absolute atomic E-state index is 0.104. The van der Waals surface area contributed by atoms with Crippen molar-refractivity contribution in [1.29, 1.82) is 0 Å². The Labute approximate surface area is 156 Å². The van der Waals surface area contributed by atoms with Crippen molar-refractivity contribution in [2.75, 3.05) is 13.7 Å². The first-order valence-electron chi connectivity index (χ1n) is 9.31. The van der Waals surface area contributed by atoms with E-state index in [4.69, 9.17) is 9.47 Å². The van der Waals surface area contributed by atoms with E-state index in [-0.39, 0.29) is 29.9 Å². The van der Waals surface area contributed by atoms with E-state index in [1.165, 1.54) is 12.7 Å². The van der Waals surface area contributed by atoms with Crippen molar-refractivity contribution < 1.29 is 19.1 Å². The first kappa shape index (κ1) is 20.4. The fourth-order valence-corrected chi connectivity index (χ4v) is 3.55. The van der Waals surface area contributed by atoms with Crippen LogP contribution in [0.15, 0.2) is 30.3 Å². The first-order chi connectivity index (χ1) is 12.2. The first-order valence-corrected chi connectivity index (χ1v) is 9.31. The van der Waals surface area contributed by atoms with Gasteiger partial charge < -0.3 is 9.47 Å². The molecule has 0 amide bonds. The SMILES string of the molecule is COC(=O)C[C@H]1CCN([C@@H](C)c2ccccc2)[C@H](C(=O)OC(C)(C)C)C1. The van der Waals surface area contributed by atoms with Gasteiger partial charge in [0.15, 0.2) is 0 Å². The maximum atomic E-state index is 12.9. The van der Waals surface area contributed by atoms with Crippen molar-refractivity contribution in [3.05, 3.63) is 35.9 Å². The van der Waals surface area contributed by atoms with Gasteiger partial charge in [0.1, 0.15) is 11.6 Å². The zero-order valence-electron chi connectivity index (χ0n) is 16.5. The van der Waals surface area contributed by atoms with E-state index >= 15 is 0 Å². The molecule has 1 aromatic rings. The molecule has 0 saturated carbocycles. The minimum Gasteiger partial charge on any atom is -0.469 e. The summed E-state index contributed by atoms with van der Waals surface area (Å²) in [5.74, 6) is -0.295. The second-order valence-corrected chi connectivity index (χ2v) is 8.04. The zero-order valence-corrected chi connectivity index (χ0v) is 16.5. The molecular formula is C21H31NO4. The van der Waals surface area contributed by atoms with Gasteiger partial charge >= 0.3 is 11.9 Å². The molecule has 5 heteroatoms. The van der Waals surface area contributed by atoms with Gasteiger partial charge in [-0.15, -0.1) is 0 Å². The van der Waals surface area contributed by atoms with Crippen molar-refractivity contribution >= 4 is 11.9 Å². The van der Waals surface area contributed by atoms with Gasteiger partial charge in [0.25, 0.3) is 0 Å². The van der Waals surface area contributed by atoms with Crippen molar-refractivity contribution in [2.24, 2.45) is 5.92 Å². The third-order valence-corrected chi connectivity index (χ3v) is 4.89. The van der Waals surface area contributed by atoms with Crippen LogP contribution in [0.5, 0.6) is 0 Å². The smallest absolute Gasteiger partial charge is 0.323 e. The Morgan fingerprint density at radius 2 is 1.88 bits per heavy atom. The van der Waals surface area contributed by atoms with E-state index in [0.717, 1.165) is 13.0 Å². The summed E-state index contributed by atoms with van der Waals surface area (Å²) in [5, 5.41) is 0. The second-order valence-electron chi connectivity index (χ2n) is 8.04. The van der Waals surface area contributed by atoms with Crippen LogP contribution in [-0.4, -0.2) is 42.1 Å². The summed E-state index contributed by atoms with van der Waals surface area (Å²) in [6.07, 6.45) is 1.83. The highest BCUT2D eigenvalue weighted by Gasteiger charge is 2.39. The molecule has 0 aliphatic carbocycles. The van der Waals surface area contributed by atoms with Gasteiger partial charge in [0, 0.05) is 12.5 Å². The second kappa shape index (κ2) is 8.67. The number of carbonyl (C=O) groups is 2. The number of carbonyl (C=O) groups excluding carboxylic acids is 2. The van der Waals surface area contributed by atoms with Crippen LogP contribution < -0.4 is 0 Å². The molecular weight excluding hydrogens is 330 g/mol. The number of likely N-dealkylation sites (tertiary alicyclic amines) is 1. The monoisotopic (exact) mass is 361 g/mol. The standard InChI is InChI=1S/C21H31NO4/c1-15(17-9-7-6-8-10-17)22-12-11-16(14-19(23)25-5)13-18(22)20(24)26-21(2,3)4/h6-10,15-16,18H,11-14H2,1-5H3/t15-,16-,18-/m0/s1. The number of hydrogen-bond donors (Lipinski definition) is 0. The van der Waals surface area contributed by atoms with Crippen molar-refractivity contribution in [1.82, 2.24) is 4.90 Å². The van der Waals surface area contributed by atoms with E-state index < -0.39 is 5.60 Å². The zero-order chi connectivity index (χ0) is 19.3. The van der Waals surface area contributed by atoms with Gasteiger partial charge in [-0.1, -0.05) is 30.3 Å². The molecule has 0 spiro atoms. The number of hydrogen-bond acceptors (Lipinski definition) is 5. The molecule has 144 valence electrons. The Bertz CT molecular complexity index is 608. The third-order valence-electron chi connectivity index (χ3n) is 4.89. The molecule has 1 heterocycles. The highest BCUT2D eigenvalue weighted by molar-refractivity contribution is 5.77. The summed E-state index contributed by atoms with van der Waals surface area (Å²) in [4.78, 5) is 26.8. The van der Waals surface area contributed by atoms with Crippen LogP contribution in [0.4, 0.5) is 0 Å². The summed E-state index contributed by atoms with van der Waals surface area (Å²) >= 11 is 0. The Morgan fingerprint density at radius 1 is 1.23 bits per heavy atom. The van der Waals surface area contributed by atoms with E-state index in [1.807, 2.05) is 39.0 Å². The number of piperidine rings is 1. The topological polar surface area (TPSA) is 55.8 Å². The largest absolute Gasteiger partial charge is 0.469 e. The van der Waals surface area contributed by atoms with Crippen molar-refractivity contribution in [2.45, 2.75) is 64.6 Å². The summed E-state index contributed by atoms with van der Waals surface area (Å²) in [6.45, 7) is 8.51. The lowest BCUT2D eigenvalue weighted by Gasteiger charge is -2.42. The molecule has 5 nitrogen and oxygen atoms in total. The molecule has 0 bridgehead atoms. The van der Waals surface area contributed by atoms with Crippen LogP contribution >= 0.6 is 0 Å². The number of methoxy groups -OCH3 is 1. The summed E-state index contributed by atoms with van der Waals surface area (Å²) < 4.78 is 10.5. The third kappa shape index (κ3) is 5.56. The maximum Gasteiger partial charge on any atom is 0.323 e. The number of rotatable bonds is 5. The van der Waals surface area contributed by atoms with Crippen LogP contribution in [0, 0.1) is 5.92 Å². The van der Waals surface area contributed by atoms with Crippen molar-refractivity contribution in [3.8, 4) is 0 Å². The average molecular weight is 361 g/mol. The van der Waals surface area contributed by atoms with Crippen molar-refractivity contribution in [3.63, 3.8) is 0 Å². The van der Waals surface area contributed by atoms with Gasteiger partial charge in [-0.2, -0.15) is 0 Å². The number of nitrogens with zero attached hydrogens (tertiary/aromatic N) is 1. The van der Waals surface area contributed by atoms with Crippen LogP contribution in [0.2, 0.25) is 0 Å². The average Bonchev–Trinajstić information content (AvgIpc) is 2.60. The molecule has 1 aliphatic rings. The van der Waals surface area contributed by atoms with Gasteiger partial charge in [0.2, 0.25) is 0 Å². The van der Waals surface area contributed by atoms with Crippen LogP contribution in [0.3, 0.4) is 0 Å². The summed E-state index contributed by atoms with van der Waals surface area (Å²) in [6, 6.07) is 9.93. The molecule has 0 N–H and O–H groups in total. The van der Waals surface area contributed by atoms with Gasteiger partial charge in [-0.05, 0) is 58.6 Å². The molecule has 1 aromatic carbocycles. The molecule has 1 saturated heterocycles. The highest BCUT2D eigenvalue weighted by atomic mass is 16.6. The van der Waals surface area contributed by atoms with Gasteiger partial charge in [-0.3, -0.25) is 14.5 Å². The number of esters is 2. The normalized spacial score (nSPS) is 22.5. The molecule has 1 aliphatic heterocycles. The predicted molar refractivity (Wildman–Crippen MR) is 101 cm³/mol. The minimum atomic E-state index is -0.534. The lowest BCUT2D eigenvalue weighted by molar-refractivity contribution is -0.165. The lowest BCUT2D eigenvalue weighted by atomic mass is 9.86. The van der Waals surface area contributed by atoms with E-state index in [1.54, 1.807) is 0 Å². The molecule has 0 aromatic heterocycles. The maximum absolute atomic E-state index is 12.9. The lowest BCUT2D eigenvalue weighted by Crippen LogP contribution is -2.50. The fourth-order valence-electron chi connectivity index (χ4n) is 3.55. The molecule has 0 radical (unpaired) electrons. The molecule has 0 unspecified atom stereocenters. The molecule has 1 fully saturated rings. The highest BCUT2D eigenvalue weighted by Crippen LogP contribution is 2.33. The Hall–Kier alpha value is -1.88. The van der Waals surface area contributed by atoms with Gasteiger partial charge in [0.05, 0.1) is 7.11 Å². The van der Waals surface area contributed by atoms with Crippen LogP contribution in [-0.2, 0) is 19.1 Å². The van der Waals surface area contributed by atoms with E-state index in [9.17, 15) is 9.59 Å². The number of ether oxygens (including phenoxy) is 2. The summed E-state index contributed by atoms with van der Waals surface area (Å²) in [5.41, 5.74) is 0.640. The fraction of sp³-hybridized carbons (Fsp3) is 0.619. The molecule has 26 heavy (non-hydrogen) atoms. The predicted octanol–water partition coefficient (Wildman–Crippen LogP) is 3.73. The Morgan fingerprint density at radius 3 is 2.46 bits per heavy atom. The summed E-state index contributed by atoms with van der Waals surface area (Å²) in [7, 11) is 1.40. The number of benzene rings is 1. The van der Waals surface area contributed by atoms with Crippen LogP contribution in [0.1, 0.15) is 58.6 Å². The molecule has 3 atom stereocenters. The molecule has 2 rings (SSSR count). The van der Waals surface area contributed by atoms with Gasteiger partial charge in [-0.25, -0.2) is 0 Å². The Kier molecular flexibility index (Phi) is 6.81. The van der Waals surface area contributed by atoms with E-state index in [2.05, 4.69) is 24.0 Å².